The van der Waals surface area contributed by atoms with E-state index in [1.54, 1.807) is 0 Å². The molecule has 0 spiro atoms. The highest BCUT2D eigenvalue weighted by Gasteiger charge is 2.53. The Hall–Kier alpha value is -0.550. The molecule has 2 saturated carbocycles. The number of hydrogen-bond donors (Lipinski definition) is 0. The molecule has 272 valence electrons. The smallest absolute Gasteiger partial charge is 0.400 e. The van der Waals surface area contributed by atoms with E-state index in [-0.39, 0.29) is 36.6 Å². The van der Waals surface area contributed by atoms with Gasteiger partial charge in [-0.25, -0.2) is 0 Å². The van der Waals surface area contributed by atoms with E-state index < -0.39 is 0 Å². The minimum Gasteiger partial charge on any atom is -0.400 e. The molecule has 6 aliphatic rings. The van der Waals surface area contributed by atoms with Crippen LogP contribution in [-0.4, -0.2) is 36.6 Å². The largest absolute Gasteiger partial charge is 0.490 e. The van der Waals surface area contributed by atoms with Gasteiger partial charge in [0.25, 0.3) is 0 Å². The summed E-state index contributed by atoms with van der Waals surface area (Å²) in [7, 11) is -0.229. The Bertz CT molecular complexity index is 975. The Morgan fingerprint density at radius 1 is 0.479 bits per heavy atom. The molecule has 0 aromatic heterocycles. The van der Waals surface area contributed by atoms with Gasteiger partial charge < -0.3 is 18.6 Å². The van der Waals surface area contributed by atoms with Gasteiger partial charge in [0.2, 0.25) is 0 Å². The van der Waals surface area contributed by atoms with E-state index in [9.17, 15) is 0 Å². The van der Waals surface area contributed by atoms with Crippen LogP contribution in [0.2, 0.25) is 0 Å². The number of hydrogen-bond acceptors (Lipinski definition) is 4. The van der Waals surface area contributed by atoms with Gasteiger partial charge in [-0.2, -0.15) is 0 Å². The first-order valence-electron chi connectivity index (χ1n) is 20.7. The second-order valence-electron chi connectivity index (χ2n) is 18.9. The van der Waals surface area contributed by atoms with E-state index in [4.69, 9.17) is 18.6 Å². The van der Waals surface area contributed by atoms with Crippen molar-refractivity contribution in [2.75, 3.05) is 0 Å². The lowest BCUT2D eigenvalue weighted by Crippen LogP contribution is -2.41. The Balaban J connectivity index is 0.000000188. The first-order valence-corrected chi connectivity index (χ1v) is 20.7. The average Bonchev–Trinajstić information content (AvgIpc) is 3.42. The molecule has 6 rings (SSSR count). The van der Waals surface area contributed by atoms with E-state index in [0.29, 0.717) is 0 Å². The molecule has 2 heterocycles. The third-order valence-electron chi connectivity index (χ3n) is 14.6. The monoisotopic (exact) mass is 665 g/mol. The van der Waals surface area contributed by atoms with Gasteiger partial charge in [0.05, 0.1) is 22.4 Å². The Kier molecular flexibility index (Phi) is 12.9. The van der Waals surface area contributed by atoms with Gasteiger partial charge in [-0.1, -0.05) is 77.4 Å². The van der Waals surface area contributed by atoms with Gasteiger partial charge in [-0.3, -0.25) is 0 Å². The van der Waals surface area contributed by atoms with Gasteiger partial charge >= 0.3 is 14.2 Å². The van der Waals surface area contributed by atoms with E-state index >= 15 is 0 Å². The standard InChI is InChI=1S/2C21H37BO2/c2*1-6-7-16-8-10-17(11-9-16)18-12-14-19(15-13-18)22-23-20(2,3)21(4,5)24-22/h2*14,16-18H,6-13,15H2,1-5H3. The molecule has 4 aliphatic carbocycles. The Labute approximate surface area is 298 Å². The molecule has 2 aliphatic heterocycles. The Morgan fingerprint density at radius 3 is 1.04 bits per heavy atom. The van der Waals surface area contributed by atoms with Crippen molar-refractivity contribution in [1.82, 2.24) is 0 Å². The van der Waals surface area contributed by atoms with Crippen molar-refractivity contribution in [3.05, 3.63) is 23.1 Å². The summed E-state index contributed by atoms with van der Waals surface area (Å²) in [5.74, 6) is 5.78. The first-order chi connectivity index (χ1) is 22.6. The summed E-state index contributed by atoms with van der Waals surface area (Å²) in [4.78, 5) is 0. The SMILES string of the molecule is CCCC1CCC(C2CC=C(B3OC(C)(C)C(C)(C)O3)CC2)CC1.CCCC1CCC(C2CC=C(B3OC(C)(C)C(C)(C)O3)CC2)CC1. The van der Waals surface area contributed by atoms with Gasteiger partial charge in [0.15, 0.2) is 0 Å². The zero-order valence-corrected chi connectivity index (χ0v) is 33.1. The van der Waals surface area contributed by atoms with Crippen molar-refractivity contribution in [3.63, 3.8) is 0 Å². The minimum atomic E-state index is -0.215. The fourth-order valence-electron chi connectivity index (χ4n) is 9.74. The Morgan fingerprint density at radius 2 is 0.792 bits per heavy atom. The topological polar surface area (TPSA) is 36.9 Å². The minimum absolute atomic E-state index is 0.115. The van der Waals surface area contributed by atoms with Crippen molar-refractivity contribution >= 4 is 14.2 Å². The lowest BCUT2D eigenvalue weighted by Gasteiger charge is -2.35. The number of allylic oxidation sites excluding steroid dienone is 4. The number of rotatable bonds is 8. The summed E-state index contributed by atoms with van der Waals surface area (Å²) in [5, 5.41) is 0. The zero-order valence-electron chi connectivity index (χ0n) is 33.1. The van der Waals surface area contributed by atoms with Gasteiger partial charge in [0, 0.05) is 0 Å². The highest BCUT2D eigenvalue weighted by Crippen LogP contribution is 2.46. The van der Waals surface area contributed by atoms with Crippen molar-refractivity contribution < 1.29 is 18.6 Å². The summed E-state index contributed by atoms with van der Waals surface area (Å²) in [5.41, 5.74) is 1.93. The van der Waals surface area contributed by atoms with Crippen molar-refractivity contribution in [2.24, 2.45) is 35.5 Å². The van der Waals surface area contributed by atoms with Crippen LogP contribution in [0.25, 0.3) is 0 Å². The van der Waals surface area contributed by atoms with Crippen LogP contribution < -0.4 is 0 Å². The van der Waals surface area contributed by atoms with E-state index in [1.165, 1.54) is 114 Å². The first kappa shape index (κ1) is 38.7. The second-order valence-corrected chi connectivity index (χ2v) is 18.9. The summed E-state index contributed by atoms with van der Waals surface area (Å²) in [6.45, 7) is 21.8. The molecule has 4 fully saturated rings. The van der Waals surface area contributed by atoms with Crippen LogP contribution in [0.15, 0.2) is 23.1 Å². The molecular formula is C42H74B2O4. The van der Waals surface area contributed by atoms with Gasteiger partial charge in [-0.15, -0.1) is 0 Å². The summed E-state index contributed by atoms with van der Waals surface area (Å²) in [6, 6.07) is 0. The molecule has 0 amide bonds. The molecule has 0 bridgehead atoms. The molecule has 0 N–H and O–H groups in total. The molecule has 2 saturated heterocycles. The molecule has 2 unspecified atom stereocenters. The third-order valence-corrected chi connectivity index (χ3v) is 14.6. The average molecular weight is 665 g/mol. The van der Waals surface area contributed by atoms with Crippen molar-refractivity contribution in [2.45, 2.75) is 207 Å². The maximum absolute atomic E-state index is 6.23. The predicted octanol–water partition coefficient (Wildman–Crippen LogP) is 11.9. The van der Waals surface area contributed by atoms with Crippen LogP contribution in [0.3, 0.4) is 0 Å². The molecule has 4 nitrogen and oxygen atoms in total. The van der Waals surface area contributed by atoms with Gasteiger partial charge in [-0.05, 0) is 166 Å². The molecule has 0 aromatic rings. The van der Waals surface area contributed by atoms with Crippen LogP contribution in [0, 0.1) is 35.5 Å². The van der Waals surface area contributed by atoms with E-state index in [2.05, 4.69) is 81.4 Å². The van der Waals surface area contributed by atoms with Crippen molar-refractivity contribution in [3.8, 4) is 0 Å². The second kappa shape index (κ2) is 16.0. The quantitative estimate of drug-likeness (QED) is 0.242. The van der Waals surface area contributed by atoms with Crippen LogP contribution in [0.1, 0.15) is 185 Å². The summed E-state index contributed by atoms with van der Waals surface area (Å²) >= 11 is 0. The molecule has 0 radical (unpaired) electrons. The fraction of sp³-hybridized carbons (Fsp3) is 0.905. The molecular weight excluding hydrogens is 590 g/mol. The highest BCUT2D eigenvalue weighted by molar-refractivity contribution is 6.55. The normalized spacial score (nSPS) is 35.8. The summed E-state index contributed by atoms with van der Waals surface area (Å²) < 4.78 is 24.9. The van der Waals surface area contributed by atoms with Crippen LogP contribution in [0.4, 0.5) is 0 Å². The predicted molar refractivity (Wildman–Crippen MR) is 204 cm³/mol. The maximum atomic E-state index is 6.23. The molecule has 0 aromatic carbocycles. The van der Waals surface area contributed by atoms with E-state index in [0.717, 1.165) is 48.3 Å². The third kappa shape index (κ3) is 9.08. The van der Waals surface area contributed by atoms with Crippen LogP contribution >= 0.6 is 0 Å². The van der Waals surface area contributed by atoms with Gasteiger partial charge in [0.1, 0.15) is 0 Å². The van der Waals surface area contributed by atoms with E-state index in [1.807, 2.05) is 0 Å². The zero-order chi connectivity index (χ0) is 34.7. The lowest BCUT2D eigenvalue weighted by atomic mass is 9.66. The van der Waals surface area contributed by atoms with Crippen molar-refractivity contribution in [1.29, 1.82) is 0 Å². The van der Waals surface area contributed by atoms with Crippen LogP contribution in [-0.2, 0) is 18.6 Å². The fourth-order valence-corrected chi connectivity index (χ4v) is 9.74. The lowest BCUT2D eigenvalue weighted by molar-refractivity contribution is 0.00578. The summed E-state index contributed by atoms with van der Waals surface area (Å²) in [6.07, 6.45) is 29.8. The maximum Gasteiger partial charge on any atom is 0.490 e. The van der Waals surface area contributed by atoms with Crippen LogP contribution in [0.5, 0.6) is 0 Å². The molecule has 48 heavy (non-hydrogen) atoms. The molecule has 6 heteroatoms. The highest BCUT2D eigenvalue weighted by atomic mass is 16.7. The molecule has 2 atom stereocenters.